The van der Waals surface area contributed by atoms with Crippen LogP contribution in [0.25, 0.3) is 0 Å². The number of aliphatic imine (C=N–C) groups is 1. The van der Waals surface area contributed by atoms with Crippen LogP contribution in [0.15, 0.2) is 40.4 Å². The second-order valence-electron chi connectivity index (χ2n) is 5.31. The summed E-state index contributed by atoms with van der Waals surface area (Å²) in [5, 5.41) is 10.8. The minimum absolute atomic E-state index is 0.664. The van der Waals surface area contributed by atoms with Crippen molar-refractivity contribution in [1.29, 1.82) is 0 Å². The third-order valence-corrected chi connectivity index (χ3v) is 4.37. The van der Waals surface area contributed by atoms with Crippen LogP contribution < -0.4 is 10.6 Å². The van der Waals surface area contributed by atoms with E-state index in [1.54, 1.807) is 18.0 Å². The van der Waals surface area contributed by atoms with E-state index in [2.05, 4.69) is 54.0 Å². The molecule has 6 heteroatoms. The van der Waals surface area contributed by atoms with Gasteiger partial charge in [-0.25, -0.2) is 4.99 Å². The van der Waals surface area contributed by atoms with Crippen molar-refractivity contribution in [3.63, 3.8) is 0 Å². The first-order valence-electron chi connectivity index (χ1n) is 7.76. The SMILES string of the molecule is CCNC(=NCc1ccc(C)cc1SC)NCc1ccnn1C. The van der Waals surface area contributed by atoms with Crippen LogP contribution in [-0.4, -0.2) is 28.5 Å². The Bertz CT molecular complexity index is 663. The minimum Gasteiger partial charge on any atom is -0.357 e. The van der Waals surface area contributed by atoms with Crippen LogP contribution in [0.5, 0.6) is 0 Å². The number of nitrogens with one attached hydrogen (secondary N) is 2. The van der Waals surface area contributed by atoms with Gasteiger partial charge in [0.05, 0.1) is 18.8 Å². The molecule has 2 N–H and O–H groups in total. The Morgan fingerprint density at radius 1 is 1.30 bits per heavy atom. The zero-order chi connectivity index (χ0) is 16.7. The number of aromatic nitrogens is 2. The number of rotatable bonds is 6. The summed E-state index contributed by atoms with van der Waals surface area (Å²) in [6.45, 7) is 6.38. The molecule has 0 aliphatic carbocycles. The molecular formula is C17H25N5S. The molecule has 2 aromatic rings. The molecule has 1 aromatic carbocycles. The summed E-state index contributed by atoms with van der Waals surface area (Å²) in [6.07, 6.45) is 3.91. The van der Waals surface area contributed by atoms with Crippen LogP contribution in [-0.2, 0) is 20.1 Å². The summed E-state index contributed by atoms with van der Waals surface area (Å²) in [4.78, 5) is 5.99. The highest BCUT2D eigenvalue weighted by atomic mass is 32.2. The van der Waals surface area contributed by atoms with Crippen LogP contribution in [0.2, 0.25) is 0 Å². The van der Waals surface area contributed by atoms with Crippen LogP contribution in [0.3, 0.4) is 0 Å². The molecule has 0 unspecified atom stereocenters. The molecular weight excluding hydrogens is 306 g/mol. The zero-order valence-electron chi connectivity index (χ0n) is 14.3. The second kappa shape index (κ2) is 8.62. The minimum atomic E-state index is 0.664. The lowest BCUT2D eigenvalue weighted by Crippen LogP contribution is -2.37. The van der Waals surface area contributed by atoms with Crippen molar-refractivity contribution in [2.75, 3.05) is 12.8 Å². The molecule has 0 saturated heterocycles. The Labute approximate surface area is 142 Å². The van der Waals surface area contributed by atoms with Crippen molar-refractivity contribution in [3.05, 3.63) is 47.3 Å². The molecule has 0 aliphatic rings. The quantitative estimate of drug-likeness (QED) is 0.485. The number of guanidine groups is 1. The standard InChI is InChI=1S/C17H25N5S/c1-5-18-17(20-12-15-8-9-21-22(15)3)19-11-14-7-6-13(2)10-16(14)23-4/h6-10H,5,11-12H2,1-4H3,(H2,18,19,20). The number of aryl methyl sites for hydroxylation is 2. The highest BCUT2D eigenvalue weighted by molar-refractivity contribution is 7.98. The Morgan fingerprint density at radius 3 is 2.78 bits per heavy atom. The number of benzene rings is 1. The monoisotopic (exact) mass is 331 g/mol. The molecule has 5 nitrogen and oxygen atoms in total. The smallest absolute Gasteiger partial charge is 0.191 e. The van der Waals surface area contributed by atoms with Crippen LogP contribution >= 0.6 is 11.8 Å². The van der Waals surface area contributed by atoms with E-state index >= 15 is 0 Å². The van der Waals surface area contributed by atoms with Gasteiger partial charge in [-0.15, -0.1) is 11.8 Å². The van der Waals surface area contributed by atoms with Gasteiger partial charge in [-0.1, -0.05) is 12.1 Å². The maximum atomic E-state index is 4.70. The zero-order valence-corrected chi connectivity index (χ0v) is 15.1. The van der Waals surface area contributed by atoms with Gasteiger partial charge in [-0.3, -0.25) is 4.68 Å². The van der Waals surface area contributed by atoms with E-state index in [-0.39, 0.29) is 0 Å². The van der Waals surface area contributed by atoms with Gasteiger partial charge in [-0.2, -0.15) is 5.10 Å². The molecule has 0 amide bonds. The maximum Gasteiger partial charge on any atom is 0.191 e. The van der Waals surface area contributed by atoms with Crippen molar-refractivity contribution in [2.45, 2.75) is 31.8 Å². The summed E-state index contributed by atoms with van der Waals surface area (Å²) in [5.74, 6) is 0.821. The lowest BCUT2D eigenvalue weighted by molar-refractivity contribution is 0.684. The van der Waals surface area contributed by atoms with E-state index in [1.165, 1.54) is 16.0 Å². The van der Waals surface area contributed by atoms with Gasteiger partial charge in [0.2, 0.25) is 0 Å². The average Bonchev–Trinajstić information content (AvgIpc) is 2.96. The number of hydrogen-bond acceptors (Lipinski definition) is 3. The third kappa shape index (κ3) is 5.03. The molecule has 0 spiro atoms. The fourth-order valence-corrected chi connectivity index (χ4v) is 2.94. The van der Waals surface area contributed by atoms with Gasteiger partial charge in [-0.05, 0) is 43.4 Å². The Hall–Kier alpha value is -1.95. The Morgan fingerprint density at radius 2 is 2.13 bits per heavy atom. The first kappa shape index (κ1) is 17.4. The largest absolute Gasteiger partial charge is 0.357 e. The first-order chi connectivity index (χ1) is 11.1. The molecule has 23 heavy (non-hydrogen) atoms. The van der Waals surface area contributed by atoms with Crippen molar-refractivity contribution in [1.82, 2.24) is 20.4 Å². The molecule has 124 valence electrons. The molecule has 0 atom stereocenters. The highest BCUT2D eigenvalue weighted by Crippen LogP contribution is 2.22. The molecule has 1 aromatic heterocycles. The molecule has 0 saturated carbocycles. The second-order valence-corrected chi connectivity index (χ2v) is 6.16. The number of thioether (sulfide) groups is 1. The Kier molecular flexibility index (Phi) is 6.52. The van der Waals surface area contributed by atoms with E-state index in [0.29, 0.717) is 13.1 Å². The van der Waals surface area contributed by atoms with Gasteiger partial charge >= 0.3 is 0 Å². The normalized spacial score (nSPS) is 11.6. The summed E-state index contributed by atoms with van der Waals surface area (Å²) < 4.78 is 1.86. The van der Waals surface area contributed by atoms with Crippen LogP contribution in [0.4, 0.5) is 0 Å². The lowest BCUT2D eigenvalue weighted by Gasteiger charge is -2.12. The van der Waals surface area contributed by atoms with Gasteiger partial charge in [0.1, 0.15) is 0 Å². The van der Waals surface area contributed by atoms with E-state index in [9.17, 15) is 0 Å². The highest BCUT2D eigenvalue weighted by Gasteiger charge is 2.04. The fourth-order valence-electron chi connectivity index (χ4n) is 2.24. The maximum absolute atomic E-state index is 4.70. The van der Waals surface area contributed by atoms with Gasteiger partial charge < -0.3 is 10.6 Å². The van der Waals surface area contributed by atoms with Gasteiger partial charge in [0.25, 0.3) is 0 Å². The number of nitrogens with zero attached hydrogens (tertiary/aromatic N) is 3. The summed E-state index contributed by atoms with van der Waals surface area (Å²) >= 11 is 1.77. The molecule has 0 radical (unpaired) electrons. The predicted molar refractivity (Wildman–Crippen MR) is 97.8 cm³/mol. The average molecular weight is 331 g/mol. The van der Waals surface area contributed by atoms with Crippen LogP contribution in [0.1, 0.15) is 23.7 Å². The third-order valence-electron chi connectivity index (χ3n) is 3.55. The molecule has 0 bridgehead atoms. The fraction of sp³-hybridized carbons (Fsp3) is 0.412. The summed E-state index contributed by atoms with van der Waals surface area (Å²) in [7, 11) is 1.94. The van der Waals surface area contributed by atoms with Crippen molar-refractivity contribution >= 4 is 17.7 Å². The molecule has 1 heterocycles. The van der Waals surface area contributed by atoms with Crippen molar-refractivity contribution in [2.24, 2.45) is 12.0 Å². The van der Waals surface area contributed by atoms with E-state index < -0.39 is 0 Å². The number of hydrogen-bond donors (Lipinski definition) is 2. The summed E-state index contributed by atoms with van der Waals surface area (Å²) in [6, 6.07) is 8.52. The van der Waals surface area contributed by atoms with E-state index in [1.807, 2.05) is 17.8 Å². The lowest BCUT2D eigenvalue weighted by atomic mass is 10.1. The summed E-state index contributed by atoms with van der Waals surface area (Å²) in [5.41, 5.74) is 3.65. The van der Waals surface area contributed by atoms with Crippen molar-refractivity contribution < 1.29 is 0 Å². The molecule has 2 rings (SSSR count). The van der Waals surface area contributed by atoms with Gasteiger partial charge in [0, 0.05) is 24.7 Å². The van der Waals surface area contributed by atoms with E-state index in [4.69, 9.17) is 4.99 Å². The van der Waals surface area contributed by atoms with Crippen LogP contribution in [0, 0.1) is 6.92 Å². The topological polar surface area (TPSA) is 54.2 Å². The molecule has 0 aliphatic heterocycles. The van der Waals surface area contributed by atoms with E-state index in [0.717, 1.165) is 18.2 Å². The Balaban J connectivity index is 2.05. The molecule has 0 fully saturated rings. The first-order valence-corrected chi connectivity index (χ1v) is 8.99. The predicted octanol–water partition coefficient (Wildman–Crippen LogP) is 2.71. The van der Waals surface area contributed by atoms with Gasteiger partial charge in [0.15, 0.2) is 5.96 Å². The van der Waals surface area contributed by atoms with Crippen molar-refractivity contribution in [3.8, 4) is 0 Å².